The van der Waals surface area contributed by atoms with Gasteiger partial charge in [-0.05, 0) is 29.7 Å². The number of nitrogens with zero attached hydrogens (tertiary/aromatic N) is 1. The molecule has 26 heavy (non-hydrogen) atoms. The van der Waals surface area contributed by atoms with Gasteiger partial charge in [0.05, 0.1) is 13.0 Å². The zero-order valence-corrected chi connectivity index (χ0v) is 14.0. The summed E-state index contributed by atoms with van der Waals surface area (Å²) in [7, 11) is 1.15. The van der Waals surface area contributed by atoms with Gasteiger partial charge >= 0.3 is 5.97 Å². The Kier molecular flexibility index (Phi) is 4.54. The smallest absolute Gasteiger partial charge is 0.320 e. The monoisotopic (exact) mass is 357 g/mol. The van der Waals surface area contributed by atoms with Crippen molar-refractivity contribution >= 4 is 11.8 Å². The van der Waals surface area contributed by atoms with Crippen molar-refractivity contribution in [1.82, 2.24) is 0 Å². The fourth-order valence-corrected chi connectivity index (χ4v) is 3.68. The van der Waals surface area contributed by atoms with Gasteiger partial charge in [0, 0.05) is 10.5 Å². The molecule has 0 aromatic heterocycles. The number of esters is 1. The number of hydrogen-bond donors (Lipinski definition) is 0. The number of nitro groups is 1. The van der Waals surface area contributed by atoms with Crippen molar-refractivity contribution in [3.05, 3.63) is 81.2 Å². The average Bonchev–Trinajstić information content (AvgIpc) is 2.93. The number of carbonyl (C=O) groups excluding carboxylic acids is 2. The van der Waals surface area contributed by atoms with E-state index in [0.29, 0.717) is 16.7 Å². The Morgan fingerprint density at radius 1 is 1.27 bits per heavy atom. The molecule has 2 aromatic rings. The first-order valence-corrected chi connectivity index (χ1v) is 7.98. The van der Waals surface area contributed by atoms with Crippen LogP contribution >= 0.6 is 0 Å². The Hall–Kier alpha value is -3.09. The molecular formula is C19H16FNO5. The molecule has 3 rings (SSSR count). The van der Waals surface area contributed by atoms with Gasteiger partial charge in [0.25, 0.3) is 0 Å². The summed E-state index contributed by atoms with van der Waals surface area (Å²) in [6, 6.07) is 11.8. The highest BCUT2D eigenvalue weighted by Gasteiger charge is 2.59. The van der Waals surface area contributed by atoms with Crippen LogP contribution in [-0.2, 0) is 16.0 Å². The van der Waals surface area contributed by atoms with E-state index in [0.717, 1.165) is 19.2 Å². The van der Waals surface area contributed by atoms with Crippen LogP contribution in [0.15, 0.2) is 48.5 Å². The number of ether oxygens (including phenoxy) is 1. The van der Waals surface area contributed by atoms with E-state index in [1.807, 2.05) is 0 Å². The van der Waals surface area contributed by atoms with Crippen LogP contribution < -0.4 is 0 Å². The van der Waals surface area contributed by atoms with Crippen LogP contribution in [0.3, 0.4) is 0 Å². The lowest BCUT2D eigenvalue weighted by Crippen LogP contribution is -2.46. The Morgan fingerprint density at radius 2 is 1.92 bits per heavy atom. The molecule has 134 valence electrons. The molecule has 0 amide bonds. The largest absolute Gasteiger partial charge is 0.468 e. The molecule has 0 unspecified atom stereocenters. The van der Waals surface area contributed by atoms with Crippen molar-refractivity contribution in [2.24, 2.45) is 5.41 Å². The molecule has 0 saturated carbocycles. The van der Waals surface area contributed by atoms with Crippen LogP contribution in [0.1, 0.15) is 27.4 Å². The molecule has 0 N–H and O–H groups in total. The summed E-state index contributed by atoms with van der Waals surface area (Å²) in [5.41, 5.74) is -0.412. The first-order chi connectivity index (χ1) is 12.4. The predicted octanol–water partition coefficient (Wildman–Crippen LogP) is 2.78. The fraction of sp³-hybridized carbons (Fsp3) is 0.263. The van der Waals surface area contributed by atoms with E-state index in [-0.39, 0.29) is 6.42 Å². The third kappa shape index (κ3) is 2.75. The van der Waals surface area contributed by atoms with Crippen LogP contribution in [0.25, 0.3) is 0 Å². The normalized spacial score (nSPS) is 19.7. The van der Waals surface area contributed by atoms with Crippen LogP contribution in [-0.4, -0.2) is 30.3 Å². The number of ketones is 1. The Bertz CT molecular complexity index is 880. The van der Waals surface area contributed by atoms with E-state index in [4.69, 9.17) is 4.74 Å². The van der Waals surface area contributed by atoms with Crippen LogP contribution in [0.5, 0.6) is 0 Å². The highest BCUT2D eigenvalue weighted by Crippen LogP contribution is 2.48. The van der Waals surface area contributed by atoms with Gasteiger partial charge in [0.1, 0.15) is 11.2 Å². The maximum absolute atomic E-state index is 13.3. The summed E-state index contributed by atoms with van der Waals surface area (Å²) in [4.78, 5) is 36.7. The minimum atomic E-state index is -1.75. The number of rotatable bonds is 5. The highest BCUT2D eigenvalue weighted by molar-refractivity contribution is 6.16. The van der Waals surface area contributed by atoms with Gasteiger partial charge in [0.15, 0.2) is 5.78 Å². The van der Waals surface area contributed by atoms with E-state index in [1.54, 1.807) is 24.3 Å². The quantitative estimate of drug-likeness (QED) is 0.355. The molecular weight excluding hydrogens is 341 g/mol. The Balaban J connectivity index is 2.19. The van der Waals surface area contributed by atoms with Gasteiger partial charge in [-0.3, -0.25) is 19.7 Å². The molecule has 0 aliphatic heterocycles. The first-order valence-electron chi connectivity index (χ1n) is 7.98. The zero-order valence-electron chi connectivity index (χ0n) is 14.0. The molecule has 0 saturated heterocycles. The number of hydrogen-bond acceptors (Lipinski definition) is 5. The standard InChI is InChI=1S/C19H16FNO5/c1-26-18(23)19(10-13-4-2-3-5-15(13)17(19)22)16(11-21(24)25)12-6-8-14(20)9-7-12/h2-9,16H,10-11H2,1H3/t16-,19+/m1/s1. The number of halogens is 1. The van der Waals surface area contributed by atoms with Crippen LogP contribution in [0, 0.1) is 21.3 Å². The number of carbonyl (C=O) groups is 2. The molecule has 1 aliphatic rings. The second-order valence-electron chi connectivity index (χ2n) is 6.25. The summed E-state index contributed by atoms with van der Waals surface area (Å²) < 4.78 is 18.2. The first kappa shape index (κ1) is 17.7. The maximum atomic E-state index is 13.3. The molecule has 2 atom stereocenters. The second-order valence-corrected chi connectivity index (χ2v) is 6.25. The number of benzene rings is 2. The summed E-state index contributed by atoms with van der Waals surface area (Å²) in [6.07, 6.45) is 0.00453. The minimum absolute atomic E-state index is 0.00453. The minimum Gasteiger partial charge on any atom is -0.468 e. The van der Waals surface area contributed by atoms with Crippen molar-refractivity contribution in [3.63, 3.8) is 0 Å². The van der Waals surface area contributed by atoms with Crippen molar-refractivity contribution in [1.29, 1.82) is 0 Å². The van der Waals surface area contributed by atoms with Crippen molar-refractivity contribution < 1.29 is 23.6 Å². The third-order valence-corrected chi connectivity index (χ3v) is 4.88. The second kappa shape index (κ2) is 6.67. The van der Waals surface area contributed by atoms with E-state index in [9.17, 15) is 24.1 Å². The number of methoxy groups -OCH3 is 1. The van der Waals surface area contributed by atoms with Crippen molar-refractivity contribution in [3.8, 4) is 0 Å². The van der Waals surface area contributed by atoms with Gasteiger partial charge < -0.3 is 4.74 Å². The summed E-state index contributed by atoms with van der Waals surface area (Å²) in [6.45, 7) is -0.652. The predicted molar refractivity (Wildman–Crippen MR) is 89.9 cm³/mol. The number of Topliss-reactive ketones (excluding diaryl/α,β-unsaturated/α-hetero) is 1. The summed E-state index contributed by atoms with van der Waals surface area (Å²) >= 11 is 0. The molecule has 1 aliphatic carbocycles. The summed E-state index contributed by atoms with van der Waals surface area (Å²) in [5, 5.41) is 11.3. The van der Waals surface area contributed by atoms with Gasteiger partial charge in [-0.15, -0.1) is 0 Å². The van der Waals surface area contributed by atoms with Crippen LogP contribution in [0.4, 0.5) is 4.39 Å². The molecule has 6 nitrogen and oxygen atoms in total. The molecule has 0 spiro atoms. The average molecular weight is 357 g/mol. The van der Waals surface area contributed by atoms with Gasteiger partial charge in [0.2, 0.25) is 6.54 Å². The van der Waals surface area contributed by atoms with Gasteiger partial charge in [-0.25, -0.2) is 4.39 Å². The van der Waals surface area contributed by atoms with E-state index < -0.39 is 40.4 Å². The van der Waals surface area contributed by atoms with Crippen LogP contribution in [0.2, 0.25) is 0 Å². The van der Waals surface area contributed by atoms with Gasteiger partial charge in [-0.1, -0.05) is 36.4 Å². The zero-order chi connectivity index (χ0) is 18.9. The lowest BCUT2D eigenvalue weighted by molar-refractivity contribution is -0.485. The Labute approximate surface area is 148 Å². The fourth-order valence-electron chi connectivity index (χ4n) is 3.68. The Morgan fingerprint density at radius 3 is 2.50 bits per heavy atom. The van der Waals surface area contributed by atoms with Crippen molar-refractivity contribution in [2.45, 2.75) is 12.3 Å². The molecule has 0 radical (unpaired) electrons. The number of fused-ring (bicyclic) bond motifs is 1. The van der Waals surface area contributed by atoms with E-state index in [1.165, 1.54) is 12.1 Å². The highest BCUT2D eigenvalue weighted by atomic mass is 19.1. The summed E-state index contributed by atoms with van der Waals surface area (Å²) in [5.74, 6) is -2.92. The molecule has 2 aromatic carbocycles. The van der Waals surface area contributed by atoms with E-state index >= 15 is 0 Å². The topological polar surface area (TPSA) is 86.5 Å². The molecule has 0 fully saturated rings. The maximum Gasteiger partial charge on any atom is 0.320 e. The molecule has 0 heterocycles. The molecule has 7 heteroatoms. The SMILES string of the molecule is COC(=O)[C@]1([C@H](C[N+](=O)[O-])c2ccc(F)cc2)Cc2ccccc2C1=O. The van der Waals surface area contributed by atoms with E-state index in [2.05, 4.69) is 0 Å². The lowest BCUT2D eigenvalue weighted by atomic mass is 9.69. The van der Waals surface area contributed by atoms with Crippen molar-refractivity contribution in [2.75, 3.05) is 13.7 Å². The lowest BCUT2D eigenvalue weighted by Gasteiger charge is -2.31. The molecule has 0 bridgehead atoms. The third-order valence-electron chi connectivity index (χ3n) is 4.88. The van der Waals surface area contributed by atoms with Gasteiger partial charge in [-0.2, -0.15) is 0 Å².